The second-order valence-electron chi connectivity index (χ2n) is 5.47. The molecule has 2 aromatic rings. The normalized spacial score (nSPS) is 26.7. The van der Waals surface area contributed by atoms with Gasteiger partial charge in [0.2, 0.25) is 11.7 Å². The molecule has 4 atom stereocenters. The lowest BCUT2D eigenvalue weighted by atomic mass is 10.1. The van der Waals surface area contributed by atoms with Crippen molar-refractivity contribution in [2.45, 2.75) is 29.6 Å². The Labute approximate surface area is 154 Å². The largest absolute Gasteiger partial charge is 0.469 e. The number of ether oxygens (including phenoxy) is 1. The molecule has 17 heteroatoms. The molecule has 14 nitrogen and oxygen atoms in total. The number of aromatic nitrogens is 4. The molecular formula is C10H15N4O10P2S+. The number of hydrogen-bond acceptors (Lipinski definition) is 9. The monoisotopic (exact) mass is 445 g/mol. The maximum Gasteiger partial charge on any atom is 0.469 e. The van der Waals surface area contributed by atoms with Gasteiger partial charge < -0.3 is 34.5 Å². The van der Waals surface area contributed by atoms with Crippen LogP contribution in [0, 0.1) is 0 Å². The van der Waals surface area contributed by atoms with Crippen LogP contribution in [0.15, 0.2) is 17.7 Å². The number of nitrogens with one attached hydrogen (secondary N) is 1. The summed E-state index contributed by atoms with van der Waals surface area (Å²) >= 11 is 0.211. The fourth-order valence-corrected chi connectivity index (χ4v) is 4.51. The molecule has 0 radical (unpaired) electrons. The summed E-state index contributed by atoms with van der Waals surface area (Å²) in [5.41, 5.74) is 0.278. The molecule has 3 rings (SSSR count). The Morgan fingerprint density at radius 3 is 2.56 bits per heavy atom. The minimum atomic E-state index is -4.79. The van der Waals surface area contributed by atoms with Crippen LogP contribution in [0.4, 0.5) is 0 Å². The van der Waals surface area contributed by atoms with Crippen molar-refractivity contribution < 1.29 is 52.7 Å². The van der Waals surface area contributed by atoms with Crippen molar-refractivity contribution in [3.63, 3.8) is 0 Å². The van der Waals surface area contributed by atoms with Gasteiger partial charge in [-0.15, -0.1) is 0 Å². The molecule has 0 unspecified atom stereocenters. The molecule has 1 aliphatic heterocycles. The van der Waals surface area contributed by atoms with Crippen molar-refractivity contribution in [1.29, 1.82) is 0 Å². The Morgan fingerprint density at radius 2 is 1.93 bits per heavy atom. The van der Waals surface area contributed by atoms with E-state index >= 15 is 0 Å². The topological polar surface area (TPSA) is 219 Å². The summed E-state index contributed by atoms with van der Waals surface area (Å²) in [7, 11) is -4.79. The summed E-state index contributed by atoms with van der Waals surface area (Å²) < 4.78 is 33.0. The SMILES string of the molecule is O=P(O)(O)OC[C@H]1O[C@@H]([n+]2c[nH]c3c(SP(=O)(O)O)ncnc32)[C@H](O)[C@@H]1O. The third-order valence-electron chi connectivity index (χ3n) is 3.61. The lowest BCUT2D eigenvalue weighted by Crippen LogP contribution is -2.45. The van der Waals surface area contributed by atoms with E-state index in [1.165, 1.54) is 10.9 Å². The van der Waals surface area contributed by atoms with Crippen molar-refractivity contribution in [3.05, 3.63) is 12.7 Å². The number of rotatable bonds is 6. The fourth-order valence-electron chi connectivity index (χ4n) is 2.52. The summed E-state index contributed by atoms with van der Waals surface area (Å²) in [4.78, 5) is 46.2. The van der Waals surface area contributed by atoms with E-state index in [0.717, 1.165) is 6.33 Å². The molecule has 0 aliphatic carbocycles. The standard InChI is InChI=1S/C10H14N4O10P2S/c15-6-4(1-23-25(17,18)19)24-10(7(6)16)14-3-13-5-8(14)11-2-12-9(5)27-26(20,21)22/h2-4,6-7,10,15-16H,1H2,(H4,17,18,19,20,21,22)/p+1/t4-,6-,7-,10-/m1/s1. The van der Waals surface area contributed by atoms with Crippen LogP contribution in [-0.4, -0.2) is 69.7 Å². The lowest BCUT2D eigenvalue weighted by molar-refractivity contribution is -0.745. The zero-order chi connectivity index (χ0) is 20.0. The third-order valence-corrected chi connectivity index (χ3v) is 6.05. The number of aromatic amines is 1. The molecule has 1 fully saturated rings. The first kappa shape index (κ1) is 20.8. The number of imidazole rings is 1. The van der Waals surface area contributed by atoms with E-state index < -0.39 is 45.8 Å². The number of nitrogens with zero attached hydrogens (tertiary/aromatic N) is 3. The first-order valence-electron chi connectivity index (χ1n) is 7.16. The van der Waals surface area contributed by atoms with Crippen molar-refractivity contribution in [3.8, 4) is 0 Å². The number of H-pyrrole nitrogens is 1. The van der Waals surface area contributed by atoms with Crippen LogP contribution in [0.5, 0.6) is 0 Å². The van der Waals surface area contributed by atoms with Gasteiger partial charge in [-0.3, -0.25) is 9.51 Å². The second-order valence-corrected chi connectivity index (χ2v) is 10.2. The summed E-state index contributed by atoms with van der Waals surface area (Å²) in [6.45, 7) is -5.15. The molecule has 150 valence electrons. The van der Waals surface area contributed by atoms with Gasteiger partial charge in [-0.1, -0.05) is 4.98 Å². The maximum atomic E-state index is 11.2. The van der Waals surface area contributed by atoms with E-state index in [1.54, 1.807) is 0 Å². The number of aliphatic hydroxyl groups excluding tert-OH is 2. The van der Waals surface area contributed by atoms with Crippen molar-refractivity contribution in [2.75, 3.05) is 6.61 Å². The number of phosphoric ester groups is 1. The smallest absolute Gasteiger partial charge is 0.387 e. The van der Waals surface area contributed by atoms with Crippen LogP contribution in [0.3, 0.4) is 0 Å². The summed E-state index contributed by atoms with van der Waals surface area (Å²) in [5.74, 6) is 0. The average Bonchev–Trinajstić information content (AvgIpc) is 3.07. The van der Waals surface area contributed by atoms with Gasteiger partial charge in [0, 0.05) is 11.4 Å². The van der Waals surface area contributed by atoms with Crippen LogP contribution in [0.2, 0.25) is 0 Å². The molecule has 0 aromatic carbocycles. The van der Waals surface area contributed by atoms with Crippen LogP contribution in [0.1, 0.15) is 6.23 Å². The minimum Gasteiger partial charge on any atom is -0.387 e. The van der Waals surface area contributed by atoms with E-state index in [2.05, 4.69) is 19.5 Å². The summed E-state index contributed by atoms with van der Waals surface area (Å²) in [6.07, 6.45) is -3.10. The van der Waals surface area contributed by atoms with E-state index in [-0.39, 0.29) is 27.6 Å². The Morgan fingerprint density at radius 1 is 1.22 bits per heavy atom. The molecule has 0 saturated carbocycles. The molecule has 2 aromatic heterocycles. The van der Waals surface area contributed by atoms with Crippen molar-refractivity contribution >= 4 is 37.2 Å². The molecule has 1 aliphatic rings. The zero-order valence-corrected chi connectivity index (χ0v) is 15.7. The maximum absolute atomic E-state index is 11.2. The summed E-state index contributed by atoms with van der Waals surface area (Å²) in [6, 6.07) is 0. The lowest BCUT2D eigenvalue weighted by Gasteiger charge is -2.14. The second kappa shape index (κ2) is 7.46. The Bertz CT molecular complexity index is 930. The predicted molar refractivity (Wildman–Crippen MR) is 85.9 cm³/mol. The first-order chi connectivity index (χ1) is 12.5. The van der Waals surface area contributed by atoms with E-state index in [0.29, 0.717) is 0 Å². The van der Waals surface area contributed by atoms with E-state index in [9.17, 15) is 19.3 Å². The number of hydrogen-bond donors (Lipinski definition) is 7. The summed E-state index contributed by atoms with van der Waals surface area (Å²) in [5, 5.41) is 20.2. The molecule has 3 heterocycles. The highest BCUT2D eigenvalue weighted by Gasteiger charge is 2.47. The van der Waals surface area contributed by atoms with Gasteiger partial charge in [-0.05, 0) is 0 Å². The van der Waals surface area contributed by atoms with E-state index in [4.69, 9.17) is 24.3 Å². The number of aliphatic hydroxyl groups is 2. The van der Waals surface area contributed by atoms with Crippen molar-refractivity contribution in [2.24, 2.45) is 0 Å². The van der Waals surface area contributed by atoms with Gasteiger partial charge in [0.1, 0.15) is 18.3 Å². The van der Waals surface area contributed by atoms with Crippen LogP contribution in [-0.2, 0) is 18.4 Å². The van der Waals surface area contributed by atoms with Gasteiger partial charge >= 0.3 is 20.3 Å². The molecule has 0 spiro atoms. The predicted octanol–water partition coefficient (Wildman–Crippen LogP) is -1.84. The molecule has 0 amide bonds. The van der Waals surface area contributed by atoms with Gasteiger partial charge in [0.15, 0.2) is 17.7 Å². The van der Waals surface area contributed by atoms with Gasteiger partial charge in [0.05, 0.1) is 6.61 Å². The quantitative estimate of drug-likeness (QED) is 0.148. The highest BCUT2D eigenvalue weighted by atomic mass is 32.7. The highest BCUT2D eigenvalue weighted by molar-refractivity contribution is 8.54. The highest BCUT2D eigenvalue weighted by Crippen LogP contribution is 2.54. The number of fused-ring (bicyclic) bond motifs is 1. The van der Waals surface area contributed by atoms with Gasteiger partial charge in [-0.25, -0.2) is 18.7 Å². The third kappa shape index (κ3) is 4.72. The average molecular weight is 445 g/mol. The molecule has 0 bridgehead atoms. The van der Waals surface area contributed by atoms with Crippen LogP contribution < -0.4 is 4.57 Å². The molecule has 27 heavy (non-hydrogen) atoms. The molecule has 7 N–H and O–H groups in total. The van der Waals surface area contributed by atoms with Crippen LogP contribution >= 0.6 is 26.0 Å². The van der Waals surface area contributed by atoms with Crippen molar-refractivity contribution in [1.82, 2.24) is 15.0 Å². The minimum absolute atomic E-state index is 0.0403. The van der Waals surface area contributed by atoms with Crippen LogP contribution in [0.25, 0.3) is 11.2 Å². The molecular weight excluding hydrogens is 430 g/mol. The van der Waals surface area contributed by atoms with Gasteiger partial charge in [-0.2, -0.15) is 0 Å². The first-order valence-corrected chi connectivity index (χ1v) is 11.7. The fraction of sp³-hybridized carbons (Fsp3) is 0.500. The van der Waals surface area contributed by atoms with E-state index in [1.807, 2.05) is 0 Å². The number of phosphoric acid groups is 1. The Kier molecular flexibility index (Phi) is 5.74. The Hall–Kier alpha value is -0.960. The Balaban J connectivity index is 1.88. The van der Waals surface area contributed by atoms with Gasteiger partial charge in [0.25, 0.3) is 0 Å². The molecule has 1 saturated heterocycles. The zero-order valence-electron chi connectivity index (χ0n) is 13.1.